The summed E-state index contributed by atoms with van der Waals surface area (Å²) in [5, 5.41) is 12.3. The molecule has 1 aromatic heterocycles. The highest BCUT2D eigenvalue weighted by Crippen LogP contribution is 2.31. The molecule has 1 aliphatic rings. The van der Waals surface area contributed by atoms with E-state index in [1.807, 2.05) is 24.3 Å². The molecule has 0 saturated heterocycles. The van der Waals surface area contributed by atoms with Crippen LogP contribution in [0.4, 0.5) is 0 Å². The summed E-state index contributed by atoms with van der Waals surface area (Å²) in [7, 11) is 0. The molecule has 132 valence electrons. The zero-order valence-electron chi connectivity index (χ0n) is 13.5. The van der Waals surface area contributed by atoms with Gasteiger partial charge >= 0.3 is 0 Å². The van der Waals surface area contributed by atoms with Gasteiger partial charge in [0.25, 0.3) is 0 Å². The van der Waals surface area contributed by atoms with Crippen LogP contribution in [0.3, 0.4) is 0 Å². The SMILES string of the molecule is O=C(CSc1nnnn1-c1ccc(Br)cc1)c1ccc2c(c1)OCCO2. The number of hydrogen-bond donors (Lipinski definition) is 0. The fourth-order valence-electron chi connectivity index (χ4n) is 2.44. The van der Waals surface area contributed by atoms with Crippen molar-refractivity contribution in [3.63, 3.8) is 0 Å². The van der Waals surface area contributed by atoms with Gasteiger partial charge in [0.1, 0.15) is 13.2 Å². The third-order valence-corrected chi connectivity index (χ3v) is 5.16. The van der Waals surface area contributed by atoms with Crippen molar-refractivity contribution < 1.29 is 14.3 Å². The molecule has 2 aromatic carbocycles. The van der Waals surface area contributed by atoms with Gasteiger partial charge in [-0.1, -0.05) is 27.7 Å². The minimum Gasteiger partial charge on any atom is -0.486 e. The van der Waals surface area contributed by atoms with Crippen molar-refractivity contribution in [1.29, 1.82) is 0 Å². The van der Waals surface area contributed by atoms with Crippen molar-refractivity contribution >= 4 is 33.5 Å². The largest absolute Gasteiger partial charge is 0.486 e. The van der Waals surface area contributed by atoms with Crippen LogP contribution in [-0.2, 0) is 0 Å². The van der Waals surface area contributed by atoms with Crippen LogP contribution < -0.4 is 9.47 Å². The number of rotatable bonds is 5. The number of ether oxygens (including phenoxy) is 2. The normalized spacial score (nSPS) is 12.8. The lowest BCUT2D eigenvalue weighted by molar-refractivity contribution is 0.102. The number of tetrazole rings is 1. The summed E-state index contributed by atoms with van der Waals surface area (Å²) < 4.78 is 13.6. The van der Waals surface area contributed by atoms with Gasteiger partial charge in [0.15, 0.2) is 17.3 Å². The quantitative estimate of drug-likeness (QED) is 0.452. The average molecular weight is 433 g/mol. The molecule has 7 nitrogen and oxygen atoms in total. The molecule has 0 aliphatic carbocycles. The summed E-state index contributed by atoms with van der Waals surface area (Å²) in [6, 6.07) is 12.8. The number of fused-ring (bicyclic) bond motifs is 1. The molecule has 0 atom stereocenters. The summed E-state index contributed by atoms with van der Waals surface area (Å²) >= 11 is 4.69. The van der Waals surface area contributed by atoms with Crippen LogP contribution in [-0.4, -0.2) is 45.0 Å². The summed E-state index contributed by atoms with van der Waals surface area (Å²) in [5.74, 6) is 1.46. The maximum atomic E-state index is 12.5. The van der Waals surface area contributed by atoms with Crippen molar-refractivity contribution in [2.45, 2.75) is 5.16 Å². The number of aromatic nitrogens is 4. The standard InChI is InChI=1S/C17H13BrN4O3S/c18-12-2-4-13(5-3-12)22-17(19-20-21-22)26-10-14(23)11-1-6-15-16(9-11)25-8-7-24-15/h1-6,9H,7-8,10H2. The molecule has 0 bridgehead atoms. The lowest BCUT2D eigenvalue weighted by Gasteiger charge is -2.18. The Morgan fingerprint density at radius 1 is 1.12 bits per heavy atom. The van der Waals surface area contributed by atoms with Gasteiger partial charge in [0.05, 0.1) is 11.4 Å². The van der Waals surface area contributed by atoms with Gasteiger partial charge in [0, 0.05) is 10.0 Å². The van der Waals surface area contributed by atoms with E-state index in [0.29, 0.717) is 35.4 Å². The van der Waals surface area contributed by atoms with E-state index in [4.69, 9.17) is 9.47 Å². The van der Waals surface area contributed by atoms with Crippen LogP contribution in [0.25, 0.3) is 5.69 Å². The van der Waals surface area contributed by atoms with Crippen molar-refractivity contribution in [3.8, 4) is 17.2 Å². The summed E-state index contributed by atoms with van der Waals surface area (Å²) in [4.78, 5) is 12.5. The van der Waals surface area contributed by atoms with Gasteiger partial charge in [-0.2, -0.15) is 4.68 Å². The second-order valence-electron chi connectivity index (χ2n) is 5.42. The zero-order chi connectivity index (χ0) is 17.9. The molecule has 1 aliphatic heterocycles. The molecule has 0 N–H and O–H groups in total. The van der Waals surface area contributed by atoms with Gasteiger partial charge in [-0.05, 0) is 52.9 Å². The van der Waals surface area contributed by atoms with Crippen molar-refractivity contribution in [1.82, 2.24) is 20.2 Å². The lowest BCUT2D eigenvalue weighted by atomic mass is 10.1. The first kappa shape index (κ1) is 17.0. The Morgan fingerprint density at radius 3 is 2.69 bits per heavy atom. The van der Waals surface area contributed by atoms with Crippen LogP contribution in [0.15, 0.2) is 52.1 Å². The van der Waals surface area contributed by atoms with E-state index in [2.05, 4.69) is 31.5 Å². The van der Waals surface area contributed by atoms with Crippen LogP contribution in [0.5, 0.6) is 11.5 Å². The molecule has 0 spiro atoms. The van der Waals surface area contributed by atoms with Crippen molar-refractivity contribution in [2.24, 2.45) is 0 Å². The van der Waals surface area contributed by atoms with E-state index in [-0.39, 0.29) is 11.5 Å². The lowest BCUT2D eigenvalue weighted by Crippen LogP contribution is -2.16. The second-order valence-corrected chi connectivity index (χ2v) is 7.28. The number of hydrogen-bond acceptors (Lipinski definition) is 7. The predicted molar refractivity (Wildman–Crippen MR) is 99.3 cm³/mol. The number of carbonyl (C=O) groups excluding carboxylic acids is 1. The molecule has 9 heteroatoms. The minimum absolute atomic E-state index is 0.0303. The molecule has 0 radical (unpaired) electrons. The Kier molecular flexibility index (Phi) is 4.89. The number of thioether (sulfide) groups is 1. The Morgan fingerprint density at radius 2 is 1.88 bits per heavy atom. The number of Topliss-reactive ketones (excluding diaryl/α,β-unsaturated/α-hetero) is 1. The number of halogens is 1. The summed E-state index contributed by atoms with van der Waals surface area (Å²) in [6.45, 7) is 1.01. The van der Waals surface area contributed by atoms with Crippen molar-refractivity contribution in [3.05, 3.63) is 52.5 Å². The van der Waals surface area contributed by atoms with Crippen LogP contribution in [0, 0.1) is 0 Å². The smallest absolute Gasteiger partial charge is 0.214 e. The number of nitrogens with zero attached hydrogens (tertiary/aromatic N) is 4. The number of benzene rings is 2. The highest BCUT2D eigenvalue weighted by molar-refractivity contribution is 9.10. The van der Waals surface area contributed by atoms with Crippen LogP contribution in [0.1, 0.15) is 10.4 Å². The zero-order valence-corrected chi connectivity index (χ0v) is 15.9. The first-order valence-corrected chi connectivity index (χ1v) is 9.58. The monoisotopic (exact) mass is 432 g/mol. The molecular weight excluding hydrogens is 420 g/mol. The molecule has 2 heterocycles. The van der Waals surface area contributed by atoms with Gasteiger partial charge in [-0.25, -0.2) is 0 Å². The highest BCUT2D eigenvalue weighted by Gasteiger charge is 2.17. The van der Waals surface area contributed by atoms with Gasteiger partial charge < -0.3 is 9.47 Å². The fraction of sp³-hybridized carbons (Fsp3) is 0.176. The van der Waals surface area contributed by atoms with E-state index < -0.39 is 0 Å². The predicted octanol–water partition coefficient (Wildman–Crippen LogP) is 3.17. The first-order valence-electron chi connectivity index (χ1n) is 7.81. The van der Waals surface area contributed by atoms with Crippen LogP contribution in [0.2, 0.25) is 0 Å². The second kappa shape index (κ2) is 7.46. The van der Waals surface area contributed by atoms with E-state index in [0.717, 1.165) is 10.2 Å². The average Bonchev–Trinajstić information content (AvgIpc) is 3.15. The Balaban J connectivity index is 1.47. The molecule has 0 amide bonds. The Hall–Kier alpha value is -2.39. The molecular formula is C17H13BrN4O3S. The summed E-state index contributed by atoms with van der Waals surface area (Å²) in [6.07, 6.45) is 0. The number of carbonyl (C=O) groups is 1. The first-order chi connectivity index (χ1) is 12.7. The van der Waals surface area contributed by atoms with Gasteiger partial charge in [-0.15, -0.1) is 5.10 Å². The highest BCUT2D eigenvalue weighted by atomic mass is 79.9. The third-order valence-electron chi connectivity index (χ3n) is 3.71. The van der Waals surface area contributed by atoms with Crippen molar-refractivity contribution in [2.75, 3.05) is 19.0 Å². The third kappa shape index (κ3) is 3.58. The molecule has 26 heavy (non-hydrogen) atoms. The van der Waals surface area contributed by atoms with E-state index in [9.17, 15) is 4.79 Å². The van der Waals surface area contributed by atoms with Crippen LogP contribution >= 0.6 is 27.7 Å². The molecule has 4 rings (SSSR count). The molecule has 0 saturated carbocycles. The molecule has 0 unspecified atom stereocenters. The fourth-order valence-corrected chi connectivity index (χ4v) is 3.49. The Bertz CT molecular complexity index is 945. The molecule has 3 aromatic rings. The summed E-state index contributed by atoms with van der Waals surface area (Å²) in [5.41, 5.74) is 1.40. The Labute approximate surface area is 161 Å². The van der Waals surface area contributed by atoms with E-state index >= 15 is 0 Å². The molecule has 0 fully saturated rings. The van der Waals surface area contributed by atoms with E-state index in [1.54, 1.807) is 22.9 Å². The van der Waals surface area contributed by atoms with E-state index in [1.165, 1.54) is 11.8 Å². The van der Waals surface area contributed by atoms with Gasteiger partial charge in [-0.3, -0.25) is 4.79 Å². The number of ketones is 1. The maximum Gasteiger partial charge on any atom is 0.214 e. The minimum atomic E-state index is -0.0303. The van der Waals surface area contributed by atoms with Gasteiger partial charge in [0.2, 0.25) is 5.16 Å². The maximum absolute atomic E-state index is 12.5. The topological polar surface area (TPSA) is 79.1 Å².